The number of ether oxygens (including phenoxy) is 1. The number of carbonyl (C=O) groups is 1. The third kappa shape index (κ3) is 1.81. The lowest BCUT2D eigenvalue weighted by Crippen LogP contribution is -2.22. The van der Waals surface area contributed by atoms with Crippen molar-refractivity contribution >= 4 is 6.29 Å². The Morgan fingerprint density at radius 1 is 1.50 bits per heavy atom. The molecule has 1 aliphatic rings. The smallest absolute Gasteiger partial charge is 0.123 e. The van der Waals surface area contributed by atoms with Crippen LogP contribution in [0.15, 0.2) is 0 Å². The van der Waals surface area contributed by atoms with Gasteiger partial charge < -0.3 is 9.53 Å². The van der Waals surface area contributed by atoms with E-state index in [1.807, 2.05) is 0 Å². The van der Waals surface area contributed by atoms with Gasteiger partial charge in [0.25, 0.3) is 0 Å². The van der Waals surface area contributed by atoms with E-state index in [1.165, 1.54) is 0 Å². The molecule has 0 saturated heterocycles. The Bertz CT molecular complexity index is 112. The highest BCUT2D eigenvalue weighted by Gasteiger charge is 2.20. The first-order valence-electron chi connectivity index (χ1n) is 3.85. The first-order chi connectivity index (χ1) is 4.86. The lowest BCUT2D eigenvalue weighted by atomic mass is 9.88. The molecule has 0 radical (unpaired) electrons. The molecule has 0 aromatic heterocycles. The summed E-state index contributed by atoms with van der Waals surface area (Å²) in [5.41, 5.74) is 0. The minimum atomic E-state index is 0.263. The molecule has 10 heavy (non-hydrogen) atoms. The van der Waals surface area contributed by atoms with Crippen LogP contribution in [0.25, 0.3) is 0 Å². The quantitative estimate of drug-likeness (QED) is 0.544. The number of carbonyl (C=O) groups excluding carboxylic acids is 1. The fourth-order valence-electron chi connectivity index (χ4n) is 1.52. The molecule has 2 nitrogen and oxygen atoms in total. The molecule has 1 saturated carbocycles. The molecular weight excluding hydrogens is 128 g/mol. The molecule has 1 rings (SSSR count). The molecule has 0 bridgehead atoms. The van der Waals surface area contributed by atoms with Crippen LogP contribution in [0.4, 0.5) is 0 Å². The van der Waals surface area contributed by atoms with Crippen LogP contribution in [0.1, 0.15) is 25.7 Å². The second kappa shape index (κ2) is 3.71. The lowest BCUT2D eigenvalue weighted by Gasteiger charge is -2.24. The Balaban J connectivity index is 2.31. The van der Waals surface area contributed by atoms with Crippen LogP contribution in [-0.4, -0.2) is 19.5 Å². The second-order valence-corrected chi connectivity index (χ2v) is 2.92. The predicted molar refractivity (Wildman–Crippen MR) is 38.8 cm³/mol. The zero-order valence-corrected chi connectivity index (χ0v) is 6.38. The SMILES string of the molecule is CO[C@H]1CCC[C@@H](C=O)C1. The summed E-state index contributed by atoms with van der Waals surface area (Å²) in [5.74, 6) is 0.263. The van der Waals surface area contributed by atoms with Crippen molar-refractivity contribution in [3.63, 3.8) is 0 Å². The van der Waals surface area contributed by atoms with Crippen molar-refractivity contribution < 1.29 is 9.53 Å². The van der Waals surface area contributed by atoms with Crippen LogP contribution in [0.2, 0.25) is 0 Å². The van der Waals surface area contributed by atoms with Gasteiger partial charge in [0.1, 0.15) is 6.29 Å². The first-order valence-corrected chi connectivity index (χ1v) is 3.85. The van der Waals surface area contributed by atoms with E-state index >= 15 is 0 Å². The van der Waals surface area contributed by atoms with Gasteiger partial charge in [-0.1, -0.05) is 6.42 Å². The summed E-state index contributed by atoms with van der Waals surface area (Å²) in [6.07, 6.45) is 5.65. The van der Waals surface area contributed by atoms with Crippen molar-refractivity contribution in [3.05, 3.63) is 0 Å². The van der Waals surface area contributed by atoms with Crippen molar-refractivity contribution in [1.82, 2.24) is 0 Å². The predicted octanol–water partition coefficient (Wildman–Crippen LogP) is 1.39. The van der Waals surface area contributed by atoms with Gasteiger partial charge in [0, 0.05) is 13.0 Å². The van der Waals surface area contributed by atoms with Gasteiger partial charge in [0.15, 0.2) is 0 Å². The molecule has 2 atom stereocenters. The monoisotopic (exact) mass is 142 g/mol. The number of rotatable bonds is 2. The summed E-state index contributed by atoms with van der Waals surface area (Å²) in [6, 6.07) is 0. The lowest BCUT2D eigenvalue weighted by molar-refractivity contribution is -0.113. The Labute approximate surface area is 61.6 Å². The molecule has 1 aliphatic carbocycles. The molecule has 58 valence electrons. The highest BCUT2D eigenvalue weighted by atomic mass is 16.5. The number of methoxy groups -OCH3 is 1. The topological polar surface area (TPSA) is 26.3 Å². The molecule has 0 unspecified atom stereocenters. The van der Waals surface area contributed by atoms with Crippen LogP contribution in [-0.2, 0) is 9.53 Å². The highest BCUT2D eigenvalue weighted by Crippen LogP contribution is 2.23. The Morgan fingerprint density at radius 3 is 2.90 bits per heavy atom. The van der Waals surface area contributed by atoms with Gasteiger partial charge >= 0.3 is 0 Å². The fraction of sp³-hybridized carbons (Fsp3) is 0.875. The van der Waals surface area contributed by atoms with Gasteiger partial charge in [0.2, 0.25) is 0 Å². The van der Waals surface area contributed by atoms with Crippen LogP contribution < -0.4 is 0 Å². The molecule has 0 amide bonds. The van der Waals surface area contributed by atoms with E-state index in [2.05, 4.69) is 0 Å². The minimum absolute atomic E-state index is 0.263. The van der Waals surface area contributed by atoms with Gasteiger partial charge in [-0.05, 0) is 19.3 Å². The Morgan fingerprint density at radius 2 is 2.30 bits per heavy atom. The van der Waals surface area contributed by atoms with Gasteiger partial charge in [-0.2, -0.15) is 0 Å². The van der Waals surface area contributed by atoms with Crippen molar-refractivity contribution in [3.8, 4) is 0 Å². The summed E-state index contributed by atoms with van der Waals surface area (Å²) in [4.78, 5) is 10.4. The minimum Gasteiger partial charge on any atom is -0.381 e. The van der Waals surface area contributed by atoms with E-state index in [9.17, 15) is 4.79 Å². The van der Waals surface area contributed by atoms with Crippen molar-refractivity contribution in [2.75, 3.05) is 7.11 Å². The summed E-state index contributed by atoms with van der Waals surface area (Å²) < 4.78 is 5.16. The molecule has 0 aliphatic heterocycles. The molecule has 0 aromatic rings. The van der Waals surface area contributed by atoms with Crippen molar-refractivity contribution in [2.45, 2.75) is 31.8 Å². The van der Waals surface area contributed by atoms with Crippen molar-refractivity contribution in [2.24, 2.45) is 5.92 Å². The maximum absolute atomic E-state index is 10.4. The molecular formula is C8H14O2. The second-order valence-electron chi connectivity index (χ2n) is 2.92. The number of hydrogen-bond donors (Lipinski definition) is 0. The Hall–Kier alpha value is -0.370. The molecule has 1 fully saturated rings. The van der Waals surface area contributed by atoms with E-state index < -0.39 is 0 Å². The average molecular weight is 142 g/mol. The summed E-state index contributed by atoms with van der Waals surface area (Å²) in [6.45, 7) is 0. The maximum atomic E-state index is 10.4. The molecule has 0 heterocycles. The van der Waals surface area contributed by atoms with E-state index in [-0.39, 0.29) is 5.92 Å². The first kappa shape index (κ1) is 7.73. The third-order valence-corrected chi connectivity index (χ3v) is 2.19. The van der Waals surface area contributed by atoms with Gasteiger partial charge in [0.05, 0.1) is 6.10 Å². The molecule has 0 N–H and O–H groups in total. The van der Waals surface area contributed by atoms with Gasteiger partial charge in [-0.3, -0.25) is 0 Å². The molecule has 0 spiro atoms. The standard InChI is InChI=1S/C8H14O2/c1-10-8-4-2-3-7(5-8)6-9/h6-8H,2-5H2,1H3/t7-,8+/m1/s1. The maximum Gasteiger partial charge on any atom is 0.123 e. The average Bonchev–Trinajstić information content (AvgIpc) is 2.05. The van der Waals surface area contributed by atoms with E-state index in [0.29, 0.717) is 6.10 Å². The summed E-state index contributed by atoms with van der Waals surface area (Å²) >= 11 is 0. The van der Waals surface area contributed by atoms with Gasteiger partial charge in [-0.15, -0.1) is 0 Å². The van der Waals surface area contributed by atoms with E-state index in [4.69, 9.17) is 4.74 Å². The largest absolute Gasteiger partial charge is 0.381 e. The van der Waals surface area contributed by atoms with Crippen LogP contribution >= 0.6 is 0 Å². The van der Waals surface area contributed by atoms with Gasteiger partial charge in [-0.25, -0.2) is 0 Å². The summed E-state index contributed by atoms with van der Waals surface area (Å²) in [5, 5.41) is 0. The number of hydrogen-bond acceptors (Lipinski definition) is 2. The zero-order chi connectivity index (χ0) is 7.40. The fourth-order valence-corrected chi connectivity index (χ4v) is 1.52. The molecule has 2 heteroatoms. The van der Waals surface area contributed by atoms with E-state index in [0.717, 1.165) is 32.0 Å². The van der Waals surface area contributed by atoms with E-state index in [1.54, 1.807) is 7.11 Å². The van der Waals surface area contributed by atoms with Crippen LogP contribution in [0.5, 0.6) is 0 Å². The Kier molecular flexibility index (Phi) is 2.87. The number of aldehydes is 1. The molecule has 0 aromatic carbocycles. The summed E-state index contributed by atoms with van der Waals surface area (Å²) in [7, 11) is 1.72. The zero-order valence-electron chi connectivity index (χ0n) is 6.38. The van der Waals surface area contributed by atoms with Crippen LogP contribution in [0, 0.1) is 5.92 Å². The highest BCUT2D eigenvalue weighted by molar-refractivity contribution is 5.53. The van der Waals surface area contributed by atoms with Crippen molar-refractivity contribution in [1.29, 1.82) is 0 Å². The van der Waals surface area contributed by atoms with Crippen LogP contribution in [0.3, 0.4) is 0 Å². The normalized spacial score (nSPS) is 33.7. The third-order valence-electron chi connectivity index (χ3n) is 2.19.